The van der Waals surface area contributed by atoms with E-state index in [2.05, 4.69) is 0 Å². The van der Waals surface area contributed by atoms with Gasteiger partial charge in [0.25, 0.3) is 0 Å². The quantitative estimate of drug-likeness (QED) is 0.650. The molecule has 1 aliphatic rings. The number of sulfonamides is 1. The van der Waals surface area contributed by atoms with Gasteiger partial charge in [-0.25, -0.2) is 8.42 Å². The van der Waals surface area contributed by atoms with Crippen LogP contribution in [0.5, 0.6) is 0 Å². The summed E-state index contributed by atoms with van der Waals surface area (Å²) < 4.78 is 24.2. The van der Waals surface area contributed by atoms with E-state index in [1.807, 2.05) is 4.72 Å². The number of benzene rings is 1. The molecule has 1 aromatic carbocycles. The van der Waals surface area contributed by atoms with Gasteiger partial charge in [0, 0.05) is 5.69 Å². The Morgan fingerprint density at radius 2 is 1.87 bits per heavy atom. The highest BCUT2D eigenvalue weighted by Gasteiger charge is 2.36. The second kappa shape index (κ2) is 3.23. The van der Waals surface area contributed by atoms with Gasteiger partial charge in [0.05, 0.1) is 11.7 Å². The first-order chi connectivity index (χ1) is 6.98. The van der Waals surface area contributed by atoms with Crippen molar-refractivity contribution in [3.05, 3.63) is 29.8 Å². The Labute approximate surface area is 87.3 Å². The zero-order valence-corrected chi connectivity index (χ0v) is 8.62. The van der Waals surface area contributed by atoms with E-state index in [0.717, 1.165) is 0 Å². The Bertz CT molecular complexity index is 493. The summed E-state index contributed by atoms with van der Waals surface area (Å²) in [5.41, 5.74) is 6.75. The van der Waals surface area contributed by atoms with Crippen LogP contribution >= 0.6 is 0 Å². The molecule has 0 saturated carbocycles. The van der Waals surface area contributed by atoms with Gasteiger partial charge in [0.2, 0.25) is 15.9 Å². The standard InChI is InChI=1S/C9H10N2O3S/c10-7-3-1-6(2-4-7)8-5-15(13,14)11-9(8)12/h1-4,8H,5,10H2,(H,11,12). The highest BCUT2D eigenvalue weighted by Crippen LogP contribution is 2.23. The summed E-state index contributed by atoms with van der Waals surface area (Å²) >= 11 is 0. The van der Waals surface area contributed by atoms with Crippen LogP contribution in [0.4, 0.5) is 5.69 Å². The van der Waals surface area contributed by atoms with E-state index in [1.54, 1.807) is 24.3 Å². The van der Waals surface area contributed by atoms with Crippen LogP contribution in [-0.2, 0) is 14.8 Å². The third kappa shape index (κ3) is 1.94. The first kappa shape index (κ1) is 9.97. The van der Waals surface area contributed by atoms with Gasteiger partial charge >= 0.3 is 0 Å². The van der Waals surface area contributed by atoms with Crippen molar-refractivity contribution in [2.45, 2.75) is 5.92 Å². The fourth-order valence-electron chi connectivity index (χ4n) is 1.54. The molecule has 0 aliphatic carbocycles. The monoisotopic (exact) mass is 226 g/mol. The smallest absolute Gasteiger partial charge is 0.242 e. The summed E-state index contributed by atoms with van der Waals surface area (Å²) in [5.74, 6) is -1.27. The molecule has 80 valence electrons. The molecule has 0 spiro atoms. The minimum absolute atomic E-state index is 0.185. The van der Waals surface area contributed by atoms with Crippen LogP contribution < -0.4 is 10.5 Å². The summed E-state index contributed by atoms with van der Waals surface area (Å²) in [6.07, 6.45) is 0. The number of hydrogen-bond acceptors (Lipinski definition) is 4. The number of nitrogens with one attached hydrogen (secondary N) is 1. The Morgan fingerprint density at radius 1 is 1.27 bits per heavy atom. The summed E-state index contributed by atoms with van der Waals surface area (Å²) in [6.45, 7) is 0. The van der Waals surface area contributed by atoms with Crippen molar-refractivity contribution in [2.75, 3.05) is 11.5 Å². The van der Waals surface area contributed by atoms with Crippen molar-refractivity contribution >= 4 is 21.6 Å². The molecule has 0 bridgehead atoms. The predicted octanol–water partition coefficient (Wildman–Crippen LogP) is -0.188. The zero-order chi connectivity index (χ0) is 11.1. The third-order valence-electron chi connectivity index (χ3n) is 2.30. The van der Waals surface area contributed by atoms with Gasteiger partial charge in [0.15, 0.2) is 0 Å². The van der Waals surface area contributed by atoms with Crippen molar-refractivity contribution in [3.8, 4) is 0 Å². The third-order valence-corrected chi connectivity index (χ3v) is 3.58. The van der Waals surface area contributed by atoms with Crippen molar-refractivity contribution < 1.29 is 13.2 Å². The molecule has 1 aromatic rings. The highest BCUT2D eigenvalue weighted by molar-refractivity contribution is 7.90. The Hall–Kier alpha value is -1.56. The maximum absolute atomic E-state index is 11.4. The topological polar surface area (TPSA) is 89.3 Å². The van der Waals surface area contributed by atoms with Gasteiger partial charge in [-0.2, -0.15) is 0 Å². The molecule has 1 unspecified atom stereocenters. The number of carbonyl (C=O) groups excluding carboxylic acids is 1. The molecule has 1 fully saturated rings. The molecule has 0 radical (unpaired) electrons. The Balaban J connectivity index is 2.33. The molecular weight excluding hydrogens is 216 g/mol. The fraction of sp³-hybridized carbons (Fsp3) is 0.222. The second-order valence-electron chi connectivity index (χ2n) is 3.47. The number of carbonyl (C=O) groups is 1. The normalized spacial score (nSPS) is 23.7. The van der Waals surface area contributed by atoms with E-state index in [1.165, 1.54) is 0 Å². The van der Waals surface area contributed by atoms with Crippen molar-refractivity contribution in [1.82, 2.24) is 4.72 Å². The molecule has 1 aliphatic heterocycles. The van der Waals surface area contributed by atoms with Gasteiger partial charge in [-0.3, -0.25) is 9.52 Å². The molecule has 3 N–H and O–H groups in total. The van der Waals surface area contributed by atoms with Crippen LogP contribution in [0.3, 0.4) is 0 Å². The van der Waals surface area contributed by atoms with E-state index < -0.39 is 21.8 Å². The molecule has 1 amide bonds. The lowest BCUT2D eigenvalue weighted by atomic mass is 10.0. The van der Waals surface area contributed by atoms with Gasteiger partial charge < -0.3 is 5.73 Å². The number of hydrogen-bond donors (Lipinski definition) is 2. The van der Waals surface area contributed by atoms with Gasteiger partial charge in [0.1, 0.15) is 0 Å². The maximum atomic E-state index is 11.4. The van der Waals surface area contributed by atoms with E-state index in [9.17, 15) is 13.2 Å². The number of rotatable bonds is 1. The number of amides is 1. The van der Waals surface area contributed by atoms with E-state index in [0.29, 0.717) is 11.3 Å². The number of nitrogen functional groups attached to an aromatic ring is 1. The van der Waals surface area contributed by atoms with E-state index in [-0.39, 0.29) is 5.75 Å². The van der Waals surface area contributed by atoms with E-state index >= 15 is 0 Å². The highest BCUT2D eigenvalue weighted by atomic mass is 32.2. The molecule has 1 heterocycles. The fourth-order valence-corrected chi connectivity index (χ4v) is 2.85. The van der Waals surface area contributed by atoms with E-state index in [4.69, 9.17) is 5.73 Å². The number of nitrogens with two attached hydrogens (primary N) is 1. The predicted molar refractivity (Wildman–Crippen MR) is 55.5 cm³/mol. The van der Waals surface area contributed by atoms with Crippen molar-refractivity contribution in [2.24, 2.45) is 0 Å². The average Bonchev–Trinajstić information content (AvgIpc) is 2.41. The zero-order valence-electron chi connectivity index (χ0n) is 7.80. The van der Waals surface area contributed by atoms with Gasteiger partial charge in [-0.1, -0.05) is 12.1 Å². The Morgan fingerprint density at radius 3 is 2.33 bits per heavy atom. The van der Waals surface area contributed by atoms with Crippen LogP contribution in [0.15, 0.2) is 24.3 Å². The lowest BCUT2D eigenvalue weighted by Gasteiger charge is -2.05. The summed E-state index contributed by atoms with van der Waals surface area (Å²) in [7, 11) is -3.43. The molecule has 15 heavy (non-hydrogen) atoms. The van der Waals surface area contributed by atoms with Crippen LogP contribution in [0.2, 0.25) is 0 Å². The number of anilines is 1. The van der Waals surface area contributed by atoms with Crippen LogP contribution in [0.25, 0.3) is 0 Å². The summed E-state index contributed by atoms with van der Waals surface area (Å²) in [6, 6.07) is 6.63. The average molecular weight is 226 g/mol. The van der Waals surface area contributed by atoms with Gasteiger partial charge in [-0.15, -0.1) is 0 Å². The molecule has 6 heteroatoms. The lowest BCUT2D eigenvalue weighted by molar-refractivity contribution is -0.119. The Kier molecular flexibility index (Phi) is 2.15. The van der Waals surface area contributed by atoms with Crippen LogP contribution in [-0.4, -0.2) is 20.1 Å². The molecule has 1 saturated heterocycles. The molecule has 0 aromatic heterocycles. The van der Waals surface area contributed by atoms with Crippen LogP contribution in [0, 0.1) is 0 Å². The molecule has 2 rings (SSSR count). The molecule has 5 nitrogen and oxygen atoms in total. The van der Waals surface area contributed by atoms with Crippen molar-refractivity contribution in [1.29, 1.82) is 0 Å². The largest absolute Gasteiger partial charge is 0.399 e. The minimum Gasteiger partial charge on any atom is -0.399 e. The van der Waals surface area contributed by atoms with Crippen molar-refractivity contribution in [3.63, 3.8) is 0 Å². The van der Waals surface area contributed by atoms with Crippen LogP contribution in [0.1, 0.15) is 11.5 Å². The maximum Gasteiger partial charge on any atom is 0.242 e. The van der Waals surface area contributed by atoms with Gasteiger partial charge in [-0.05, 0) is 17.7 Å². The summed E-state index contributed by atoms with van der Waals surface area (Å²) in [4.78, 5) is 11.4. The first-order valence-electron chi connectivity index (χ1n) is 4.38. The lowest BCUT2D eigenvalue weighted by Crippen LogP contribution is -2.21. The minimum atomic E-state index is -3.43. The second-order valence-corrected chi connectivity index (χ2v) is 5.23. The molecular formula is C9H10N2O3S. The first-order valence-corrected chi connectivity index (χ1v) is 6.03. The SMILES string of the molecule is Nc1ccc(C2CS(=O)(=O)NC2=O)cc1. The summed E-state index contributed by atoms with van der Waals surface area (Å²) in [5, 5.41) is 0. The molecule has 1 atom stereocenters.